The number of carbonyl (C=O) groups excluding carboxylic acids is 1. The van der Waals surface area contributed by atoms with Crippen molar-refractivity contribution in [3.63, 3.8) is 0 Å². The van der Waals surface area contributed by atoms with Gasteiger partial charge >= 0.3 is 6.03 Å². The lowest BCUT2D eigenvalue weighted by atomic mass is 10.2. The maximum absolute atomic E-state index is 12.6. The first kappa shape index (κ1) is 18.3. The lowest BCUT2D eigenvalue weighted by Crippen LogP contribution is -2.39. The zero-order valence-electron chi connectivity index (χ0n) is 14.4. The van der Waals surface area contributed by atoms with Crippen molar-refractivity contribution in [1.82, 2.24) is 15.2 Å². The number of aromatic nitrogens is 1. The highest BCUT2D eigenvalue weighted by Gasteiger charge is 2.14. The number of nitrogens with one attached hydrogen (secondary N) is 1. The minimum atomic E-state index is -0.0386. The Balaban J connectivity index is 2.04. The Hall–Kier alpha value is -2.01. The molecule has 0 radical (unpaired) electrons. The fourth-order valence-electron chi connectivity index (χ4n) is 2.41. The maximum atomic E-state index is 12.6. The molecule has 0 bridgehead atoms. The monoisotopic (exact) mass is 343 g/mol. The molecule has 2 rings (SSSR count). The third-order valence-electron chi connectivity index (χ3n) is 3.60. The third kappa shape index (κ3) is 6.24. The molecule has 1 aromatic heterocycles. The van der Waals surface area contributed by atoms with Crippen LogP contribution in [-0.4, -0.2) is 34.5 Å². The molecule has 0 unspecified atom stereocenters. The van der Waals surface area contributed by atoms with Crippen LogP contribution in [0.25, 0.3) is 0 Å². The predicted molar refractivity (Wildman–Crippen MR) is 101 cm³/mol. The van der Waals surface area contributed by atoms with Crippen molar-refractivity contribution >= 4 is 17.8 Å². The zero-order chi connectivity index (χ0) is 17.2. The summed E-state index contributed by atoms with van der Waals surface area (Å²) in [6.07, 6.45) is 3.06. The van der Waals surface area contributed by atoms with Crippen LogP contribution in [0, 0.1) is 6.92 Å². The predicted octanol–water partition coefficient (Wildman–Crippen LogP) is 3.85. The van der Waals surface area contributed by atoms with Crippen molar-refractivity contribution in [3.8, 4) is 0 Å². The van der Waals surface area contributed by atoms with E-state index in [1.165, 1.54) is 0 Å². The van der Waals surface area contributed by atoms with Gasteiger partial charge in [0.15, 0.2) is 0 Å². The Morgan fingerprint density at radius 3 is 2.62 bits per heavy atom. The van der Waals surface area contributed by atoms with Gasteiger partial charge < -0.3 is 10.2 Å². The van der Waals surface area contributed by atoms with Gasteiger partial charge in [-0.3, -0.25) is 4.98 Å². The van der Waals surface area contributed by atoms with E-state index in [9.17, 15) is 4.79 Å². The van der Waals surface area contributed by atoms with Gasteiger partial charge in [0.05, 0.1) is 12.2 Å². The second kappa shape index (κ2) is 9.98. The molecular formula is C19H25N3OS. The molecule has 1 aromatic carbocycles. The number of carbonyl (C=O) groups is 1. The number of hydrogen-bond donors (Lipinski definition) is 1. The molecule has 1 heterocycles. The second-order valence-corrected chi connectivity index (χ2v) is 6.68. The molecule has 0 saturated carbocycles. The van der Waals surface area contributed by atoms with Gasteiger partial charge in [0.2, 0.25) is 0 Å². The van der Waals surface area contributed by atoms with E-state index >= 15 is 0 Å². The Bertz CT molecular complexity index is 634. The number of pyridine rings is 1. The molecule has 4 nitrogen and oxygen atoms in total. The fourth-order valence-corrected chi connectivity index (χ4v) is 2.84. The molecule has 2 amide bonds. The quantitative estimate of drug-likeness (QED) is 0.740. The van der Waals surface area contributed by atoms with Crippen LogP contribution < -0.4 is 5.32 Å². The number of hydrogen-bond acceptors (Lipinski definition) is 3. The summed E-state index contributed by atoms with van der Waals surface area (Å²) >= 11 is 1.79. The normalized spacial score (nSPS) is 10.4. The molecule has 5 heteroatoms. The Morgan fingerprint density at radius 1 is 1.12 bits per heavy atom. The number of benzene rings is 1. The molecule has 0 fully saturated rings. The minimum Gasteiger partial charge on any atom is -0.338 e. The number of nitrogens with zero attached hydrogens (tertiary/aromatic N) is 2. The van der Waals surface area contributed by atoms with E-state index in [0.29, 0.717) is 19.6 Å². The van der Waals surface area contributed by atoms with Gasteiger partial charge in [0, 0.05) is 18.8 Å². The van der Waals surface area contributed by atoms with Crippen LogP contribution in [-0.2, 0) is 13.1 Å². The van der Waals surface area contributed by atoms with Gasteiger partial charge in [0.1, 0.15) is 0 Å². The molecule has 24 heavy (non-hydrogen) atoms. The van der Waals surface area contributed by atoms with E-state index in [0.717, 1.165) is 29.1 Å². The molecule has 128 valence electrons. The summed E-state index contributed by atoms with van der Waals surface area (Å²) in [5.74, 6) is 1.05. The van der Waals surface area contributed by atoms with E-state index < -0.39 is 0 Å². The van der Waals surface area contributed by atoms with E-state index in [4.69, 9.17) is 0 Å². The summed E-state index contributed by atoms with van der Waals surface area (Å²) in [6.45, 7) is 3.75. The highest BCUT2D eigenvalue weighted by Crippen LogP contribution is 2.10. The molecule has 0 saturated heterocycles. The molecule has 0 atom stereocenters. The number of aryl methyl sites for hydroxylation is 1. The lowest BCUT2D eigenvalue weighted by Gasteiger charge is -2.23. The molecule has 0 spiro atoms. The van der Waals surface area contributed by atoms with Gasteiger partial charge in [-0.1, -0.05) is 36.4 Å². The maximum Gasteiger partial charge on any atom is 0.318 e. The minimum absolute atomic E-state index is 0.0386. The first-order chi connectivity index (χ1) is 11.7. The van der Waals surface area contributed by atoms with Crippen molar-refractivity contribution in [2.75, 3.05) is 18.6 Å². The van der Waals surface area contributed by atoms with Crippen LogP contribution in [0.15, 0.2) is 48.5 Å². The van der Waals surface area contributed by atoms with Crippen molar-refractivity contribution < 1.29 is 4.79 Å². The van der Waals surface area contributed by atoms with E-state index in [1.54, 1.807) is 11.8 Å². The molecule has 0 aliphatic heterocycles. The smallest absolute Gasteiger partial charge is 0.318 e. The van der Waals surface area contributed by atoms with Crippen molar-refractivity contribution in [1.29, 1.82) is 0 Å². The summed E-state index contributed by atoms with van der Waals surface area (Å²) in [5, 5.41) is 3.02. The SMILES string of the molecule is CSCCCNC(=O)N(Cc1ccccc1)Cc1cccc(C)n1. The second-order valence-electron chi connectivity index (χ2n) is 5.69. The first-order valence-electron chi connectivity index (χ1n) is 8.17. The standard InChI is InChI=1S/C19H25N3OS/c1-16-8-6-11-18(21-16)15-22(14-17-9-4-3-5-10-17)19(23)20-12-7-13-24-2/h3-6,8-11H,7,12-15H2,1-2H3,(H,20,23). The average molecular weight is 343 g/mol. The molecule has 0 aliphatic rings. The fraction of sp³-hybridized carbons (Fsp3) is 0.368. The average Bonchev–Trinajstić information content (AvgIpc) is 2.59. The van der Waals surface area contributed by atoms with Gasteiger partial charge in [-0.25, -0.2) is 4.79 Å². The summed E-state index contributed by atoms with van der Waals surface area (Å²) in [6, 6.07) is 15.9. The van der Waals surface area contributed by atoms with Crippen molar-refractivity contribution in [2.45, 2.75) is 26.4 Å². The molecule has 1 N–H and O–H groups in total. The van der Waals surface area contributed by atoms with E-state index in [2.05, 4.69) is 16.6 Å². The van der Waals surface area contributed by atoms with E-state index in [1.807, 2.05) is 60.4 Å². The van der Waals surface area contributed by atoms with Crippen LogP contribution in [0.3, 0.4) is 0 Å². The van der Waals surface area contributed by atoms with Crippen LogP contribution in [0.5, 0.6) is 0 Å². The number of amides is 2. The lowest BCUT2D eigenvalue weighted by molar-refractivity contribution is 0.191. The van der Waals surface area contributed by atoms with Crippen LogP contribution >= 0.6 is 11.8 Å². The molecular weight excluding hydrogens is 318 g/mol. The van der Waals surface area contributed by atoms with Crippen LogP contribution in [0.1, 0.15) is 23.4 Å². The van der Waals surface area contributed by atoms with Crippen LogP contribution in [0.2, 0.25) is 0 Å². The Kier molecular flexibility index (Phi) is 7.62. The van der Waals surface area contributed by atoms with Gasteiger partial charge in [-0.05, 0) is 43.0 Å². The molecule has 2 aromatic rings. The van der Waals surface area contributed by atoms with Crippen molar-refractivity contribution in [2.24, 2.45) is 0 Å². The Morgan fingerprint density at radius 2 is 1.92 bits per heavy atom. The van der Waals surface area contributed by atoms with Gasteiger partial charge in [-0.15, -0.1) is 0 Å². The highest BCUT2D eigenvalue weighted by molar-refractivity contribution is 7.98. The summed E-state index contributed by atoms with van der Waals surface area (Å²) in [5.41, 5.74) is 2.99. The highest BCUT2D eigenvalue weighted by atomic mass is 32.2. The first-order valence-corrected chi connectivity index (χ1v) is 9.56. The topological polar surface area (TPSA) is 45.2 Å². The summed E-state index contributed by atoms with van der Waals surface area (Å²) in [7, 11) is 0. The number of urea groups is 1. The van der Waals surface area contributed by atoms with Crippen LogP contribution in [0.4, 0.5) is 4.79 Å². The van der Waals surface area contributed by atoms with E-state index in [-0.39, 0.29) is 6.03 Å². The zero-order valence-corrected chi connectivity index (χ0v) is 15.2. The van der Waals surface area contributed by atoms with Gasteiger partial charge in [0.25, 0.3) is 0 Å². The third-order valence-corrected chi connectivity index (χ3v) is 4.30. The summed E-state index contributed by atoms with van der Waals surface area (Å²) < 4.78 is 0. The largest absolute Gasteiger partial charge is 0.338 e. The van der Waals surface area contributed by atoms with Gasteiger partial charge in [-0.2, -0.15) is 11.8 Å². The Labute approximate surface area is 148 Å². The number of rotatable bonds is 8. The van der Waals surface area contributed by atoms with Crippen molar-refractivity contribution in [3.05, 3.63) is 65.5 Å². The molecule has 0 aliphatic carbocycles. The number of thioether (sulfide) groups is 1. The summed E-state index contributed by atoms with van der Waals surface area (Å²) in [4.78, 5) is 18.9.